The lowest BCUT2D eigenvalue weighted by atomic mass is 10.2. The molecule has 0 saturated carbocycles. The van der Waals surface area contributed by atoms with Crippen molar-refractivity contribution in [3.8, 4) is 5.75 Å². The highest BCUT2D eigenvalue weighted by atomic mass is 35.5. The van der Waals surface area contributed by atoms with Gasteiger partial charge in [0.1, 0.15) is 5.75 Å². The minimum absolute atomic E-state index is 0.225. The van der Waals surface area contributed by atoms with Gasteiger partial charge in [-0.25, -0.2) is 9.79 Å². The number of carbonyl (C=O) groups is 1. The van der Waals surface area contributed by atoms with Crippen LogP contribution in [-0.4, -0.2) is 19.0 Å². The van der Waals surface area contributed by atoms with Gasteiger partial charge < -0.3 is 9.47 Å². The van der Waals surface area contributed by atoms with Gasteiger partial charge in [0.15, 0.2) is 5.70 Å². The highest BCUT2D eigenvalue weighted by Crippen LogP contribution is 2.25. The van der Waals surface area contributed by atoms with E-state index in [2.05, 4.69) is 4.99 Å². The Morgan fingerprint density at radius 1 is 1.18 bits per heavy atom. The zero-order chi connectivity index (χ0) is 15.5. The molecule has 0 spiro atoms. The second kappa shape index (κ2) is 6.03. The lowest BCUT2D eigenvalue weighted by Gasteiger charge is -2.05. The summed E-state index contributed by atoms with van der Waals surface area (Å²) in [5.74, 6) is 0.328. The van der Waals surface area contributed by atoms with Crippen LogP contribution in [0.25, 0.3) is 6.08 Å². The molecule has 0 unspecified atom stereocenters. The average Bonchev–Trinajstić information content (AvgIpc) is 2.88. The van der Waals surface area contributed by atoms with Crippen LogP contribution in [0, 0.1) is 0 Å². The SMILES string of the molecule is COc1ccccc1C1=N/C(=C\c2cccc(Cl)c2)C(=O)O1. The van der Waals surface area contributed by atoms with Crippen molar-refractivity contribution < 1.29 is 14.3 Å². The van der Waals surface area contributed by atoms with Crippen LogP contribution in [0.2, 0.25) is 5.02 Å². The van der Waals surface area contributed by atoms with Crippen molar-refractivity contribution in [2.45, 2.75) is 0 Å². The van der Waals surface area contributed by atoms with E-state index in [1.807, 2.05) is 18.2 Å². The number of para-hydroxylation sites is 1. The smallest absolute Gasteiger partial charge is 0.363 e. The van der Waals surface area contributed by atoms with Crippen LogP contribution in [0.3, 0.4) is 0 Å². The molecule has 0 radical (unpaired) electrons. The summed E-state index contributed by atoms with van der Waals surface area (Å²) in [5.41, 5.74) is 1.64. The first-order valence-electron chi connectivity index (χ1n) is 6.59. The van der Waals surface area contributed by atoms with E-state index >= 15 is 0 Å². The van der Waals surface area contributed by atoms with Crippen molar-refractivity contribution in [1.29, 1.82) is 0 Å². The topological polar surface area (TPSA) is 47.9 Å². The molecular weight excluding hydrogens is 302 g/mol. The molecule has 0 bridgehead atoms. The first-order chi connectivity index (χ1) is 10.7. The Morgan fingerprint density at radius 2 is 2.00 bits per heavy atom. The maximum Gasteiger partial charge on any atom is 0.363 e. The number of halogens is 1. The van der Waals surface area contributed by atoms with E-state index < -0.39 is 5.97 Å². The molecule has 2 aromatic rings. The van der Waals surface area contributed by atoms with E-state index in [1.54, 1.807) is 43.5 Å². The monoisotopic (exact) mass is 313 g/mol. The van der Waals surface area contributed by atoms with Gasteiger partial charge in [0.05, 0.1) is 12.7 Å². The number of cyclic esters (lactones) is 1. The summed E-state index contributed by atoms with van der Waals surface area (Å²) >= 11 is 5.93. The highest BCUT2D eigenvalue weighted by molar-refractivity contribution is 6.30. The van der Waals surface area contributed by atoms with Crippen molar-refractivity contribution >= 4 is 29.5 Å². The van der Waals surface area contributed by atoms with Gasteiger partial charge >= 0.3 is 5.97 Å². The fraction of sp³-hybridized carbons (Fsp3) is 0.0588. The van der Waals surface area contributed by atoms with Crippen molar-refractivity contribution in [2.24, 2.45) is 4.99 Å². The highest BCUT2D eigenvalue weighted by Gasteiger charge is 2.26. The molecule has 0 N–H and O–H groups in total. The fourth-order valence-electron chi connectivity index (χ4n) is 2.10. The minimum atomic E-state index is -0.499. The van der Waals surface area contributed by atoms with E-state index in [9.17, 15) is 4.79 Å². The van der Waals surface area contributed by atoms with Crippen LogP contribution in [0.15, 0.2) is 59.2 Å². The minimum Gasteiger partial charge on any atom is -0.496 e. The van der Waals surface area contributed by atoms with Crippen LogP contribution in [0.1, 0.15) is 11.1 Å². The van der Waals surface area contributed by atoms with Gasteiger partial charge in [-0.1, -0.05) is 35.9 Å². The van der Waals surface area contributed by atoms with E-state index in [-0.39, 0.29) is 11.6 Å². The van der Waals surface area contributed by atoms with E-state index in [1.165, 1.54) is 0 Å². The molecule has 5 heteroatoms. The Kier molecular flexibility index (Phi) is 3.94. The summed E-state index contributed by atoms with van der Waals surface area (Å²) in [6, 6.07) is 14.4. The summed E-state index contributed by atoms with van der Waals surface area (Å²) in [7, 11) is 1.55. The molecule has 0 amide bonds. The molecule has 2 aromatic carbocycles. The van der Waals surface area contributed by atoms with Gasteiger partial charge in [0.25, 0.3) is 0 Å². The van der Waals surface area contributed by atoms with Crippen molar-refractivity contribution in [1.82, 2.24) is 0 Å². The summed E-state index contributed by atoms with van der Waals surface area (Å²) < 4.78 is 10.5. The van der Waals surface area contributed by atoms with Crippen molar-refractivity contribution in [2.75, 3.05) is 7.11 Å². The van der Waals surface area contributed by atoms with E-state index in [4.69, 9.17) is 21.1 Å². The summed E-state index contributed by atoms with van der Waals surface area (Å²) in [6.45, 7) is 0. The van der Waals surface area contributed by atoms with Crippen LogP contribution in [0.5, 0.6) is 5.75 Å². The number of carbonyl (C=O) groups excluding carboxylic acids is 1. The molecule has 0 fully saturated rings. The van der Waals surface area contributed by atoms with E-state index in [0.717, 1.165) is 5.56 Å². The van der Waals surface area contributed by atoms with Gasteiger partial charge in [-0.3, -0.25) is 0 Å². The van der Waals surface area contributed by atoms with Gasteiger partial charge in [-0.15, -0.1) is 0 Å². The molecule has 1 heterocycles. The second-order valence-electron chi connectivity index (χ2n) is 4.59. The Hall–Kier alpha value is -2.59. The second-order valence-corrected chi connectivity index (χ2v) is 5.03. The standard InChI is InChI=1S/C17H12ClNO3/c1-21-15-8-3-2-7-13(15)16-19-14(17(20)22-16)10-11-5-4-6-12(18)9-11/h2-10H,1H3/b14-10-. The normalized spacial score (nSPS) is 15.6. The zero-order valence-corrected chi connectivity index (χ0v) is 12.5. The van der Waals surface area contributed by atoms with Gasteiger partial charge in [0.2, 0.25) is 5.90 Å². The molecule has 0 saturated heterocycles. The molecule has 22 heavy (non-hydrogen) atoms. The molecule has 0 aromatic heterocycles. The Labute approximate surface area is 132 Å². The number of esters is 1. The van der Waals surface area contributed by atoms with Crippen molar-refractivity contribution in [3.05, 3.63) is 70.4 Å². The predicted molar refractivity (Wildman–Crippen MR) is 85.1 cm³/mol. The molecule has 1 aliphatic rings. The Morgan fingerprint density at radius 3 is 2.77 bits per heavy atom. The number of ether oxygens (including phenoxy) is 2. The molecule has 0 atom stereocenters. The third-order valence-electron chi connectivity index (χ3n) is 3.11. The van der Waals surface area contributed by atoms with E-state index in [0.29, 0.717) is 16.3 Å². The number of aliphatic imine (C=N–C) groups is 1. The fourth-order valence-corrected chi connectivity index (χ4v) is 2.30. The summed E-state index contributed by atoms with van der Waals surface area (Å²) in [6.07, 6.45) is 1.64. The lowest BCUT2D eigenvalue weighted by molar-refractivity contribution is -0.129. The molecule has 4 nitrogen and oxygen atoms in total. The number of methoxy groups -OCH3 is 1. The van der Waals surface area contributed by atoms with Gasteiger partial charge in [-0.05, 0) is 35.9 Å². The molecule has 0 aliphatic carbocycles. The third kappa shape index (κ3) is 2.87. The summed E-state index contributed by atoms with van der Waals surface area (Å²) in [5, 5.41) is 0.592. The number of hydrogen-bond acceptors (Lipinski definition) is 4. The molecular formula is C17H12ClNO3. The quantitative estimate of drug-likeness (QED) is 0.641. The number of benzene rings is 2. The number of rotatable bonds is 3. The van der Waals surface area contributed by atoms with Crippen LogP contribution in [0.4, 0.5) is 0 Å². The van der Waals surface area contributed by atoms with Crippen molar-refractivity contribution in [3.63, 3.8) is 0 Å². The first kappa shape index (κ1) is 14.4. The Bertz CT molecular complexity index is 796. The van der Waals surface area contributed by atoms with Gasteiger partial charge in [0, 0.05) is 5.02 Å². The van der Waals surface area contributed by atoms with Crippen LogP contribution < -0.4 is 4.74 Å². The molecule has 1 aliphatic heterocycles. The summed E-state index contributed by atoms with van der Waals surface area (Å²) in [4.78, 5) is 16.2. The largest absolute Gasteiger partial charge is 0.496 e. The van der Waals surface area contributed by atoms with Gasteiger partial charge in [-0.2, -0.15) is 0 Å². The number of hydrogen-bond donors (Lipinski definition) is 0. The average molecular weight is 314 g/mol. The zero-order valence-electron chi connectivity index (χ0n) is 11.7. The molecule has 110 valence electrons. The first-order valence-corrected chi connectivity index (χ1v) is 6.96. The Balaban J connectivity index is 1.98. The maximum atomic E-state index is 12.0. The maximum absolute atomic E-state index is 12.0. The number of nitrogens with zero attached hydrogens (tertiary/aromatic N) is 1. The van der Waals surface area contributed by atoms with Crippen LogP contribution >= 0.6 is 11.6 Å². The lowest BCUT2D eigenvalue weighted by Crippen LogP contribution is -2.06. The van der Waals surface area contributed by atoms with Crippen LogP contribution in [-0.2, 0) is 9.53 Å². The molecule has 3 rings (SSSR count). The third-order valence-corrected chi connectivity index (χ3v) is 3.35. The predicted octanol–water partition coefficient (Wildman–Crippen LogP) is 3.69.